The number of hydrogen-bond donors (Lipinski definition) is 1. The van der Waals surface area contributed by atoms with Gasteiger partial charge in [0.2, 0.25) is 0 Å². The zero-order chi connectivity index (χ0) is 15.2. The van der Waals surface area contributed by atoms with Gasteiger partial charge >= 0.3 is 0 Å². The monoisotopic (exact) mass is 295 g/mol. The van der Waals surface area contributed by atoms with Crippen LogP contribution >= 0.6 is 0 Å². The van der Waals surface area contributed by atoms with E-state index in [1.165, 1.54) is 5.56 Å². The molecule has 1 heterocycles. The highest BCUT2D eigenvalue weighted by Gasteiger charge is 2.19. The molecule has 1 aromatic carbocycles. The first-order valence-corrected chi connectivity index (χ1v) is 7.48. The molecule has 2 N–H and O–H groups in total. The van der Waals surface area contributed by atoms with Crippen LogP contribution in [0.25, 0.3) is 0 Å². The number of halogens is 1. The molecule has 0 radical (unpaired) electrons. The molecular weight excluding hydrogens is 269 g/mol. The fourth-order valence-electron chi connectivity index (χ4n) is 2.72. The smallest absolute Gasteiger partial charge is 0.107 e. The van der Waals surface area contributed by atoms with E-state index in [1.807, 2.05) is 12.1 Å². The van der Waals surface area contributed by atoms with E-state index in [0.717, 1.165) is 38.3 Å². The van der Waals surface area contributed by atoms with E-state index in [0.29, 0.717) is 0 Å². The van der Waals surface area contributed by atoms with E-state index in [2.05, 4.69) is 29.0 Å². The number of nitrogens with two attached hydrogens (primary N) is 1. The van der Waals surface area contributed by atoms with Gasteiger partial charge in [-0.1, -0.05) is 24.3 Å². The summed E-state index contributed by atoms with van der Waals surface area (Å²) in [4.78, 5) is 4.80. The second-order valence-corrected chi connectivity index (χ2v) is 5.80. The van der Waals surface area contributed by atoms with Gasteiger partial charge in [-0.3, -0.25) is 4.90 Å². The van der Waals surface area contributed by atoms with E-state index >= 15 is 0 Å². The van der Waals surface area contributed by atoms with Crippen molar-refractivity contribution in [3.8, 4) is 0 Å². The number of piperazine rings is 1. The highest BCUT2D eigenvalue weighted by atomic mass is 19.1. The minimum absolute atomic E-state index is 0.382. The molecule has 2 atom stereocenters. The van der Waals surface area contributed by atoms with Crippen LogP contribution in [-0.4, -0.2) is 62.9 Å². The Bertz CT molecular complexity index is 418. The first-order valence-electron chi connectivity index (χ1n) is 7.48. The summed E-state index contributed by atoms with van der Waals surface area (Å²) in [6.07, 6.45) is -0.382. The van der Waals surface area contributed by atoms with Crippen LogP contribution in [0.2, 0.25) is 0 Å². The van der Waals surface area contributed by atoms with Crippen molar-refractivity contribution in [2.24, 2.45) is 5.73 Å². The van der Waals surface area contributed by atoms with Crippen molar-refractivity contribution < 1.29 is 9.13 Å². The second-order valence-electron chi connectivity index (χ2n) is 5.80. The molecule has 0 spiro atoms. The molecule has 21 heavy (non-hydrogen) atoms. The van der Waals surface area contributed by atoms with Crippen LogP contribution in [0.4, 0.5) is 4.39 Å². The fourth-order valence-corrected chi connectivity index (χ4v) is 2.72. The van der Waals surface area contributed by atoms with Gasteiger partial charge in [-0.05, 0) is 18.2 Å². The third-order valence-electron chi connectivity index (χ3n) is 4.13. The maximum absolute atomic E-state index is 12.7. The lowest BCUT2D eigenvalue weighted by Crippen LogP contribution is -2.43. The number of alkyl halides is 1. The maximum atomic E-state index is 12.7. The number of hydrogen-bond acceptors (Lipinski definition) is 4. The average molecular weight is 295 g/mol. The van der Waals surface area contributed by atoms with Crippen LogP contribution in [0, 0.1) is 0 Å². The molecule has 1 aromatic rings. The molecule has 0 unspecified atom stereocenters. The number of benzene rings is 1. The summed E-state index contributed by atoms with van der Waals surface area (Å²) in [5.74, 6) is 0. The third kappa shape index (κ3) is 4.48. The van der Waals surface area contributed by atoms with Crippen molar-refractivity contribution in [1.82, 2.24) is 9.80 Å². The Labute approximate surface area is 126 Å². The highest BCUT2D eigenvalue weighted by Crippen LogP contribution is 2.21. The first kappa shape index (κ1) is 16.4. The van der Waals surface area contributed by atoms with Gasteiger partial charge < -0.3 is 15.4 Å². The predicted molar refractivity (Wildman–Crippen MR) is 82.9 cm³/mol. The maximum Gasteiger partial charge on any atom is 0.107 e. The molecule has 118 valence electrons. The van der Waals surface area contributed by atoms with Crippen molar-refractivity contribution in [3.63, 3.8) is 0 Å². The largest absolute Gasteiger partial charge is 0.375 e. The van der Waals surface area contributed by atoms with E-state index in [9.17, 15) is 4.39 Å². The molecule has 4 nitrogen and oxygen atoms in total. The highest BCUT2D eigenvalue weighted by molar-refractivity contribution is 5.25. The summed E-state index contributed by atoms with van der Waals surface area (Å²) in [5.41, 5.74) is 7.95. The zero-order valence-electron chi connectivity index (χ0n) is 13.0. The lowest BCUT2D eigenvalue weighted by atomic mass is 10.0. The topological polar surface area (TPSA) is 41.7 Å². The summed E-state index contributed by atoms with van der Waals surface area (Å²) in [6, 6.07) is 7.55. The van der Waals surface area contributed by atoms with Crippen molar-refractivity contribution >= 4 is 0 Å². The van der Waals surface area contributed by atoms with Gasteiger partial charge in [0.1, 0.15) is 6.67 Å². The minimum Gasteiger partial charge on any atom is -0.375 e. The number of methoxy groups -OCH3 is 1. The number of likely N-dealkylation sites (N-methyl/N-ethyl adjacent to an activating group) is 1. The van der Waals surface area contributed by atoms with Gasteiger partial charge in [0.05, 0.1) is 12.1 Å². The Kier molecular flexibility index (Phi) is 6.11. The van der Waals surface area contributed by atoms with Crippen LogP contribution in [0.1, 0.15) is 17.2 Å². The standard InChI is InChI=1S/C16H26FN3O/c1-19-7-9-20(10-8-19)12-13-3-5-14(6-4-13)16(21-2)15(18)11-17/h3-6,15-16H,7-12,18H2,1-2H3/t15-,16-/m1/s1. The average Bonchev–Trinajstić information content (AvgIpc) is 2.51. The SMILES string of the molecule is CO[C@H](c1ccc(CN2CCN(C)CC2)cc1)[C@H](N)CF. The van der Waals surface area contributed by atoms with Gasteiger partial charge in [-0.25, -0.2) is 4.39 Å². The normalized spacial score (nSPS) is 20.4. The molecule has 1 fully saturated rings. The second kappa shape index (κ2) is 7.84. The Balaban J connectivity index is 1.95. The first-order chi connectivity index (χ1) is 10.1. The van der Waals surface area contributed by atoms with Crippen molar-refractivity contribution in [1.29, 1.82) is 0 Å². The predicted octanol–water partition coefficient (Wildman–Crippen LogP) is 1.42. The van der Waals surface area contributed by atoms with Crippen LogP contribution in [0.5, 0.6) is 0 Å². The minimum atomic E-state index is -0.613. The molecule has 0 aromatic heterocycles. The van der Waals surface area contributed by atoms with Crippen LogP contribution in [-0.2, 0) is 11.3 Å². The molecule has 5 heteroatoms. The zero-order valence-corrected chi connectivity index (χ0v) is 13.0. The summed E-state index contributed by atoms with van der Waals surface area (Å²) in [6.45, 7) is 4.82. The molecule has 2 rings (SSSR count). The van der Waals surface area contributed by atoms with Crippen LogP contribution < -0.4 is 5.73 Å². The van der Waals surface area contributed by atoms with Crippen molar-refractivity contribution in [2.45, 2.75) is 18.7 Å². The van der Waals surface area contributed by atoms with Gasteiger partial charge in [0.15, 0.2) is 0 Å². The quantitative estimate of drug-likeness (QED) is 0.862. The van der Waals surface area contributed by atoms with Crippen molar-refractivity contribution in [3.05, 3.63) is 35.4 Å². The van der Waals surface area contributed by atoms with E-state index in [-0.39, 0.29) is 6.10 Å². The van der Waals surface area contributed by atoms with E-state index in [1.54, 1.807) is 7.11 Å². The number of rotatable bonds is 6. The molecule has 0 bridgehead atoms. The Morgan fingerprint density at radius 2 is 1.81 bits per heavy atom. The summed E-state index contributed by atoms with van der Waals surface area (Å²) in [5, 5.41) is 0. The van der Waals surface area contributed by atoms with E-state index in [4.69, 9.17) is 10.5 Å². The van der Waals surface area contributed by atoms with Gasteiger partial charge in [-0.2, -0.15) is 0 Å². The van der Waals surface area contributed by atoms with E-state index < -0.39 is 12.7 Å². The molecular formula is C16H26FN3O. The number of ether oxygens (including phenoxy) is 1. The number of nitrogens with zero attached hydrogens (tertiary/aromatic N) is 2. The lowest BCUT2D eigenvalue weighted by molar-refractivity contribution is 0.0720. The van der Waals surface area contributed by atoms with Crippen molar-refractivity contribution in [2.75, 3.05) is 47.0 Å². The van der Waals surface area contributed by atoms with Crippen LogP contribution in [0.3, 0.4) is 0 Å². The third-order valence-corrected chi connectivity index (χ3v) is 4.13. The van der Waals surface area contributed by atoms with Crippen LogP contribution in [0.15, 0.2) is 24.3 Å². The Morgan fingerprint density at radius 1 is 1.19 bits per heavy atom. The molecule has 1 aliphatic heterocycles. The molecule has 1 saturated heterocycles. The Hall–Kier alpha value is -1.01. The fraction of sp³-hybridized carbons (Fsp3) is 0.625. The summed E-state index contributed by atoms with van der Waals surface area (Å²) < 4.78 is 18.0. The van der Waals surface area contributed by atoms with Gasteiger partial charge in [0, 0.05) is 39.8 Å². The molecule has 1 aliphatic rings. The lowest BCUT2D eigenvalue weighted by Gasteiger charge is -2.32. The molecule has 0 saturated carbocycles. The summed E-state index contributed by atoms with van der Waals surface area (Å²) in [7, 11) is 3.73. The Morgan fingerprint density at radius 3 is 2.33 bits per heavy atom. The molecule has 0 aliphatic carbocycles. The van der Waals surface area contributed by atoms with Gasteiger partial charge in [0.25, 0.3) is 0 Å². The van der Waals surface area contributed by atoms with Gasteiger partial charge in [-0.15, -0.1) is 0 Å². The molecule has 0 amide bonds. The summed E-state index contributed by atoms with van der Waals surface area (Å²) >= 11 is 0.